The van der Waals surface area contributed by atoms with Gasteiger partial charge in [-0.05, 0) is 119 Å². The molecule has 0 radical (unpaired) electrons. The Morgan fingerprint density at radius 3 is 0.766 bits per heavy atom. The van der Waals surface area contributed by atoms with Crippen LogP contribution in [0.2, 0.25) is 0 Å². The monoisotopic (exact) mass is 1810 g/mol. The van der Waals surface area contributed by atoms with Crippen molar-refractivity contribution in [3.05, 3.63) is 177 Å². The second-order valence-electron chi connectivity index (χ2n) is 16.1. The average Bonchev–Trinajstić information content (AvgIpc) is 0.837. The van der Waals surface area contributed by atoms with E-state index in [1.807, 2.05) is 84.9 Å². The number of ketones is 4. The smallest absolute Gasteiger partial charge is 0.871 e. The number of rotatable bonds is 8. The summed E-state index contributed by atoms with van der Waals surface area (Å²) in [5, 5.41) is 64.4. The number of carbonyl (C=O) groups excluding carboxylic acids is 4. The van der Waals surface area contributed by atoms with Gasteiger partial charge in [0.2, 0.25) is 0 Å². The number of allylic oxidation sites excluding steroid dienone is 8. The minimum absolute atomic E-state index is 0. The van der Waals surface area contributed by atoms with Crippen LogP contribution < -0.4 is 30.6 Å². The number of pyridine rings is 2. The van der Waals surface area contributed by atoms with E-state index in [4.69, 9.17) is 0 Å². The summed E-state index contributed by atoms with van der Waals surface area (Å²) >= 11 is 6.76. The number of aromatic nitrogens is 2. The van der Waals surface area contributed by atoms with Crippen LogP contribution in [0.5, 0.6) is 11.5 Å². The Morgan fingerprint density at radius 2 is 0.564 bits per heavy atom. The predicted octanol–water partition coefficient (Wildman–Crippen LogP) is 11.3. The van der Waals surface area contributed by atoms with Crippen LogP contribution in [-0.4, -0.2) is 94.9 Å². The van der Waals surface area contributed by atoms with Crippen molar-refractivity contribution >= 4 is 101 Å². The molecule has 0 bridgehead atoms. The van der Waals surface area contributed by atoms with E-state index in [-0.39, 0.29) is 87.0 Å². The maximum Gasteiger partial charge on any atom is 3.00 e. The first kappa shape index (κ1) is 89.3. The van der Waals surface area contributed by atoms with E-state index in [2.05, 4.69) is 51.8 Å². The zero-order valence-electron chi connectivity index (χ0n) is 44.2. The van der Waals surface area contributed by atoms with E-state index in [0.717, 1.165) is 31.1 Å². The van der Waals surface area contributed by atoms with Gasteiger partial charge in [-0.1, -0.05) is 91.9 Å². The molecule has 0 amide bonds. The SMILES string of the molecule is O=C(/C=C(\[O-])C(F)(F)F)C(F)(F)F.O=C(/C=C(\[O-])C(F)(F)F)C(F)(F)F.O=C(/C=C(\[O-])C(F)(F)F)C(F)(F)F.O=C(/C=C(\[O-])C(F)(F)F)C(F)(F)F.[Ho+3].[Ho+3].[O-]c1cccc2ccc(C=Nc3ccc(Br)cc3)nc12.[O-]c1cccc2ccc(C=Nc3ccc(Br)cc3)nc12. The Hall–Kier alpha value is -6.72. The number of hydrogen-bond acceptors (Lipinski definition) is 14. The summed E-state index contributed by atoms with van der Waals surface area (Å²) in [6.45, 7) is 0. The van der Waals surface area contributed by atoms with E-state index in [1.54, 1.807) is 24.6 Å². The molecular formula is C52H24Br2F24Ho2N4O10. The van der Waals surface area contributed by atoms with E-state index >= 15 is 0 Å². The number of para-hydroxylation sites is 2. The van der Waals surface area contributed by atoms with Crippen molar-refractivity contribution in [1.82, 2.24) is 9.97 Å². The van der Waals surface area contributed by atoms with Gasteiger partial charge in [0.15, 0.2) is 0 Å². The van der Waals surface area contributed by atoms with Crippen molar-refractivity contribution in [2.24, 2.45) is 9.98 Å². The van der Waals surface area contributed by atoms with Crippen LogP contribution in [0.3, 0.4) is 0 Å². The Labute approximate surface area is 584 Å². The summed E-state index contributed by atoms with van der Waals surface area (Å²) < 4.78 is 273. The molecule has 0 fully saturated rings. The Balaban J connectivity index is 0. The van der Waals surface area contributed by atoms with Crippen molar-refractivity contribution in [1.29, 1.82) is 0 Å². The molecule has 0 unspecified atom stereocenters. The molecule has 0 saturated carbocycles. The predicted molar refractivity (Wildman–Crippen MR) is 266 cm³/mol. The molecule has 0 spiro atoms. The van der Waals surface area contributed by atoms with Crippen molar-refractivity contribution in [2.75, 3.05) is 0 Å². The maximum atomic E-state index is 11.7. The third-order valence-corrected chi connectivity index (χ3v) is 10.1. The molecule has 94 heavy (non-hydrogen) atoms. The van der Waals surface area contributed by atoms with Gasteiger partial charge in [-0.15, -0.1) is 0 Å². The summed E-state index contributed by atoms with van der Waals surface area (Å²) in [6.07, 6.45) is -44.4. The molecule has 4 aromatic carbocycles. The molecule has 0 N–H and O–H groups in total. The molecular weight excluding hydrogens is 1790 g/mol. The van der Waals surface area contributed by atoms with Crippen LogP contribution in [0.4, 0.5) is 117 Å². The molecule has 0 aliphatic heterocycles. The van der Waals surface area contributed by atoms with E-state index in [0.29, 0.717) is 22.4 Å². The standard InChI is InChI=1S/2C16H11BrN2O.4C5H2F6O2.2Ho/c2*17-12-5-8-13(9-6-12)18-10-14-7-4-11-2-1-3-15(20)16(11)19-14;4*6-4(7,8)2(12)1-3(13)5(9,10)11;;/h2*1-10,20H;4*1,12H;;/q;;;;;;2*+3/p-6/b;;4*2-1-;;. The van der Waals surface area contributed by atoms with Crippen LogP contribution in [0.1, 0.15) is 11.4 Å². The number of carbonyl (C=O) groups is 4. The second kappa shape index (κ2) is 37.5. The summed E-state index contributed by atoms with van der Waals surface area (Å²) in [4.78, 5) is 56.6. The summed E-state index contributed by atoms with van der Waals surface area (Å²) in [5.74, 6) is -22.7. The van der Waals surface area contributed by atoms with Crippen LogP contribution in [-0.2, 0) is 19.2 Å². The van der Waals surface area contributed by atoms with Crippen molar-refractivity contribution in [2.45, 2.75) is 49.4 Å². The fourth-order valence-corrected chi connectivity index (χ4v) is 5.41. The maximum absolute atomic E-state index is 11.7. The van der Waals surface area contributed by atoms with Gasteiger partial charge in [0, 0.05) is 8.95 Å². The van der Waals surface area contributed by atoms with Gasteiger partial charge in [-0.25, -0.2) is 9.97 Å². The van der Waals surface area contributed by atoms with E-state index in [1.165, 1.54) is 12.1 Å². The van der Waals surface area contributed by atoms with Gasteiger partial charge in [-0.3, -0.25) is 29.2 Å². The Bertz CT molecular complexity index is 3370. The van der Waals surface area contributed by atoms with E-state index < -0.39 is 120 Å². The minimum atomic E-state index is -5.46. The largest absolute Gasteiger partial charge is 3.00 e. The minimum Gasteiger partial charge on any atom is -0.871 e. The fraction of sp³-hybridized carbons (Fsp3) is 0.154. The van der Waals surface area contributed by atoms with Gasteiger partial charge in [-0.2, -0.15) is 105 Å². The third kappa shape index (κ3) is 34.1. The van der Waals surface area contributed by atoms with Gasteiger partial charge in [0.25, 0.3) is 23.1 Å². The number of alkyl halides is 24. The van der Waals surface area contributed by atoms with E-state index in [9.17, 15) is 155 Å². The van der Waals surface area contributed by atoms with Crippen LogP contribution in [0, 0.1) is 75.5 Å². The summed E-state index contributed by atoms with van der Waals surface area (Å²) in [5.41, 5.74) is 3.97. The Morgan fingerprint density at radius 1 is 0.340 bits per heavy atom. The first-order chi connectivity index (χ1) is 41.6. The number of halogens is 26. The van der Waals surface area contributed by atoms with Crippen LogP contribution in [0.25, 0.3) is 21.8 Å². The van der Waals surface area contributed by atoms with Crippen LogP contribution >= 0.6 is 31.9 Å². The number of fused-ring (bicyclic) bond motifs is 2. The molecule has 42 heteroatoms. The van der Waals surface area contributed by atoms with Crippen molar-refractivity contribution in [3.63, 3.8) is 0 Å². The van der Waals surface area contributed by atoms with Gasteiger partial charge >= 0.3 is 125 Å². The normalized spacial score (nSPS) is 12.8. The molecule has 0 atom stereocenters. The fourth-order valence-electron chi connectivity index (χ4n) is 4.88. The number of nitrogens with zero attached hydrogens (tertiary/aromatic N) is 4. The quantitative estimate of drug-likeness (QED) is 0.0453. The molecule has 0 aliphatic rings. The molecule has 0 aliphatic carbocycles. The molecule has 14 nitrogen and oxygen atoms in total. The molecule has 516 valence electrons. The van der Waals surface area contributed by atoms with Gasteiger partial charge in [0.05, 0.1) is 46.2 Å². The molecule has 6 aromatic rings. The molecule has 2 aromatic heterocycles. The molecule has 0 saturated heterocycles. The number of hydrogen-bond donors (Lipinski definition) is 0. The van der Waals surface area contributed by atoms with Gasteiger partial charge in [0.1, 0.15) is 0 Å². The zero-order chi connectivity index (χ0) is 71.3. The summed E-state index contributed by atoms with van der Waals surface area (Å²) in [6, 6.07) is 33.0. The topological polar surface area (TPSA) is 257 Å². The second-order valence-corrected chi connectivity index (χ2v) is 17.9. The number of benzene rings is 4. The summed E-state index contributed by atoms with van der Waals surface area (Å²) in [7, 11) is 0. The Kier molecular flexibility index (Phi) is 35.7. The first-order valence-corrected chi connectivity index (χ1v) is 24.2. The van der Waals surface area contributed by atoms with Gasteiger partial charge < -0.3 is 30.6 Å². The third-order valence-electron chi connectivity index (χ3n) is 9.04. The van der Waals surface area contributed by atoms with Crippen LogP contribution in [0.15, 0.2) is 175 Å². The van der Waals surface area contributed by atoms with Crippen molar-refractivity contribution < 1.29 is 231 Å². The van der Waals surface area contributed by atoms with Crippen molar-refractivity contribution in [3.8, 4) is 11.5 Å². The molecule has 2 heterocycles. The molecule has 6 rings (SSSR count). The first-order valence-electron chi connectivity index (χ1n) is 22.7. The number of aliphatic imine (C=N–C) groups is 2. The average molecular weight is 1810 g/mol. The zero-order valence-corrected chi connectivity index (χ0v) is 51.2.